The van der Waals surface area contributed by atoms with Crippen LogP contribution in [-0.4, -0.2) is 20.4 Å². The smallest absolute Gasteiger partial charge is 0.283 e. The first-order valence-electron chi connectivity index (χ1n) is 7.49. The lowest BCUT2D eigenvalue weighted by Gasteiger charge is -2.13. The highest BCUT2D eigenvalue weighted by atomic mass is 35.5. The van der Waals surface area contributed by atoms with Crippen molar-refractivity contribution in [3.63, 3.8) is 0 Å². The lowest BCUT2D eigenvalue weighted by molar-refractivity contribution is 0.0749. The summed E-state index contributed by atoms with van der Waals surface area (Å²) in [6.07, 6.45) is 0. The number of benzene rings is 1. The molecule has 3 aromatic rings. The average molecular weight is 360 g/mol. The van der Waals surface area contributed by atoms with Crippen molar-refractivity contribution in [2.24, 2.45) is 7.05 Å². The summed E-state index contributed by atoms with van der Waals surface area (Å²) in [5.74, 6) is -0.115. The molecule has 24 heavy (non-hydrogen) atoms. The number of amides is 1. The fraction of sp³-hybridized carbons (Fsp3) is 0.235. The molecule has 2 aromatic heterocycles. The van der Waals surface area contributed by atoms with Gasteiger partial charge < -0.3 is 9.47 Å². The largest absolute Gasteiger partial charge is 0.326 e. The SMILES string of the molecule is Cc1c2c(n(C)c(=O)c1Cl)CN(C(=O)c1nc3ccccc3s1)C2. The molecule has 0 spiro atoms. The van der Waals surface area contributed by atoms with E-state index in [0.717, 1.165) is 27.0 Å². The summed E-state index contributed by atoms with van der Waals surface area (Å²) in [7, 11) is 1.69. The lowest BCUT2D eigenvalue weighted by atomic mass is 10.1. The van der Waals surface area contributed by atoms with Gasteiger partial charge in [-0.3, -0.25) is 9.59 Å². The van der Waals surface area contributed by atoms with E-state index >= 15 is 0 Å². The molecule has 0 unspecified atom stereocenters. The van der Waals surface area contributed by atoms with Crippen molar-refractivity contribution in [3.8, 4) is 0 Å². The van der Waals surface area contributed by atoms with Gasteiger partial charge in [-0.2, -0.15) is 0 Å². The Morgan fingerprint density at radius 1 is 1.29 bits per heavy atom. The number of nitrogens with zero attached hydrogens (tertiary/aromatic N) is 3. The van der Waals surface area contributed by atoms with Gasteiger partial charge in [-0.25, -0.2) is 4.98 Å². The molecule has 5 nitrogen and oxygen atoms in total. The van der Waals surface area contributed by atoms with Crippen molar-refractivity contribution in [1.29, 1.82) is 0 Å². The zero-order valence-electron chi connectivity index (χ0n) is 13.2. The molecule has 0 radical (unpaired) electrons. The number of thiazole rings is 1. The topological polar surface area (TPSA) is 55.2 Å². The van der Waals surface area contributed by atoms with Gasteiger partial charge in [-0.1, -0.05) is 23.7 Å². The van der Waals surface area contributed by atoms with Crippen LogP contribution in [0.15, 0.2) is 29.1 Å². The van der Waals surface area contributed by atoms with Gasteiger partial charge in [-0.15, -0.1) is 11.3 Å². The first-order chi connectivity index (χ1) is 11.5. The molecule has 1 aromatic carbocycles. The van der Waals surface area contributed by atoms with E-state index in [0.29, 0.717) is 18.1 Å². The van der Waals surface area contributed by atoms with Crippen molar-refractivity contribution in [2.45, 2.75) is 20.0 Å². The number of hydrogen-bond acceptors (Lipinski definition) is 4. The Balaban J connectivity index is 1.72. The second-order valence-corrected chi connectivity index (χ2v) is 7.28. The van der Waals surface area contributed by atoms with Crippen LogP contribution in [0.3, 0.4) is 0 Å². The second-order valence-electron chi connectivity index (χ2n) is 5.88. The quantitative estimate of drug-likeness (QED) is 0.670. The third kappa shape index (κ3) is 2.17. The molecule has 0 atom stereocenters. The third-order valence-electron chi connectivity index (χ3n) is 4.48. The number of carbonyl (C=O) groups excluding carboxylic acids is 1. The Hall–Kier alpha value is -2.18. The van der Waals surface area contributed by atoms with Crippen LogP contribution in [-0.2, 0) is 20.1 Å². The number of pyridine rings is 1. The summed E-state index contributed by atoms with van der Waals surface area (Å²) in [6.45, 7) is 2.67. The van der Waals surface area contributed by atoms with Crippen LogP contribution in [0.25, 0.3) is 10.2 Å². The molecule has 1 aliphatic heterocycles. The van der Waals surface area contributed by atoms with Crippen LogP contribution in [0.5, 0.6) is 0 Å². The number of rotatable bonds is 1. The summed E-state index contributed by atoms with van der Waals surface area (Å²) in [5, 5.41) is 0.697. The zero-order valence-corrected chi connectivity index (χ0v) is 14.7. The first kappa shape index (κ1) is 15.4. The molecule has 122 valence electrons. The third-order valence-corrected chi connectivity index (χ3v) is 5.95. The van der Waals surface area contributed by atoms with Gasteiger partial charge in [0.2, 0.25) is 0 Å². The van der Waals surface area contributed by atoms with Gasteiger partial charge in [0.25, 0.3) is 11.5 Å². The van der Waals surface area contributed by atoms with Crippen LogP contribution in [0.2, 0.25) is 5.02 Å². The molecule has 0 saturated heterocycles. The molecule has 0 N–H and O–H groups in total. The van der Waals surface area contributed by atoms with E-state index in [2.05, 4.69) is 4.98 Å². The normalized spacial score (nSPS) is 13.5. The number of para-hydroxylation sites is 1. The van der Waals surface area contributed by atoms with E-state index < -0.39 is 0 Å². The van der Waals surface area contributed by atoms with Gasteiger partial charge in [0.1, 0.15) is 5.02 Å². The Morgan fingerprint density at radius 2 is 2.04 bits per heavy atom. The Kier molecular flexibility index (Phi) is 3.47. The van der Waals surface area contributed by atoms with Crippen molar-refractivity contribution < 1.29 is 4.79 Å². The first-order valence-corrected chi connectivity index (χ1v) is 8.68. The molecule has 0 saturated carbocycles. The minimum absolute atomic E-state index is 0.115. The summed E-state index contributed by atoms with van der Waals surface area (Å²) in [4.78, 5) is 31.1. The Morgan fingerprint density at radius 3 is 2.79 bits per heavy atom. The summed E-state index contributed by atoms with van der Waals surface area (Å²) >= 11 is 7.51. The Bertz CT molecular complexity index is 1020. The highest BCUT2D eigenvalue weighted by molar-refractivity contribution is 7.20. The van der Waals surface area contributed by atoms with Crippen molar-refractivity contribution in [2.75, 3.05) is 0 Å². The number of hydrogen-bond donors (Lipinski definition) is 0. The van der Waals surface area contributed by atoms with Crippen molar-refractivity contribution in [3.05, 3.63) is 61.5 Å². The molecule has 7 heteroatoms. The maximum atomic E-state index is 12.8. The van der Waals surface area contributed by atoms with Gasteiger partial charge in [-0.05, 0) is 30.2 Å². The maximum absolute atomic E-state index is 12.8. The minimum atomic E-state index is -0.220. The molecule has 0 bridgehead atoms. The van der Waals surface area contributed by atoms with Crippen LogP contribution in [0, 0.1) is 6.92 Å². The summed E-state index contributed by atoms with van der Waals surface area (Å²) in [6, 6.07) is 7.69. The van der Waals surface area contributed by atoms with Crippen molar-refractivity contribution >= 4 is 39.1 Å². The number of fused-ring (bicyclic) bond motifs is 2. The van der Waals surface area contributed by atoms with Gasteiger partial charge in [0.15, 0.2) is 5.01 Å². The van der Waals surface area contributed by atoms with E-state index in [4.69, 9.17) is 11.6 Å². The number of aromatic nitrogens is 2. The van der Waals surface area contributed by atoms with Crippen molar-refractivity contribution in [1.82, 2.24) is 14.5 Å². The molecule has 0 fully saturated rings. The van der Waals surface area contributed by atoms with E-state index in [1.165, 1.54) is 15.9 Å². The standard InChI is InChI=1S/C17H14ClN3O2S/c1-9-10-7-21(8-12(10)20(2)16(22)14(9)18)17(23)15-19-11-5-3-4-6-13(11)24-15/h3-6H,7-8H2,1-2H3. The highest BCUT2D eigenvalue weighted by Crippen LogP contribution is 2.30. The highest BCUT2D eigenvalue weighted by Gasteiger charge is 2.30. The number of carbonyl (C=O) groups is 1. The van der Waals surface area contributed by atoms with Crippen LogP contribution < -0.4 is 5.56 Å². The molecular formula is C17H14ClN3O2S. The van der Waals surface area contributed by atoms with Crippen LogP contribution >= 0.6 is 22.9 Å². The molecule has 4 rings (SSSR count). The molecule has 1 aliphatic rings. The fourth-order valence-corrected chi connectivity index (χ4v) is 4.24. The summed E-state index contributed by atoms with van der Waals surface area (Å²) in [5.41, 5.74) is 3.17. The Labute approximate surface area is 147 Å². The predicted molar refractivity (Wildman–Crippen MR) is 94.6 cm³/mol. The van der Waals surface area contributed by atoms with E-state index in [9.17, 15) is 9.59 Å². The lowest BCUT2D eigenvalue weighted by Crippen LogP contribution is -2.26. The molecule has 1 amide bonds. The van der Waals surface area contributed by atoms with Crippen LogP contribution in [0.4, 0.5) is 0 Å². The summed E-state index contributed by atoms with van der Waals surface area (Å²) < 4.78 is 2.53. The fourth-order valence-electron chi connectivity index (χ4n) is 3.06. The van der Waals surface area contributed by atoms with E-state index in [1.54, 1.807) is 11.9 Å². The van der Waals surface area contributed by atoms with E-state index in [1.807, 2.05) is 31.2 Å². The monoisotopic (exact) mass is 359 g/mol. The average Bonchev–Trinajstić information content (AvgIpc) is 3.21. The second kappa shape index (κ2) is 5.43. The number of halogens is 1. The zero-order chi connectivity index (χ0) is 17.0. The van der Waals surface area contributed by atoms with Gasteiger partial charge >= 0.3 is 0 Å². The van der Waals surface area contributed by atoms with Crippen LogP contribution in [0.1, 0.15) is 26.6 Å². The maximum Gasteiger partial charge on any atom is 0.283 e. The molecular weight excluding hydrogens is 346 g/mol. The minimum Gasteiger partial charge on any atom is -0.326 e. The predicted octanol–water partition coefficient (Wildman–Crippen LogP) is 3.11. The molecule has 0 aliphatic carbocycles. The molecule has 3 heterocycles. The van der Waals surface area contributed by atoms with E-state index in [-0.39, 0.29) is 16.5 Å². The van der Waals surface area contributed by atoms with Gasteiger partial charge in [0, 0.05) is 19.3 Å². The van der Waals surface area contributed by atoms with Gasteiger partial charge in [0.05, 0.1) is 16.8 Å².